The lowest BCUT2D eigenvalue weighted by Gasteiger charge is -2.18. The maximum absolute atomic E-state index is 9.74. The Hall–Kier alpha value is -6.18. The smallest absolute Gasteiger partial charge is 0.143 e. The Morgan fingerprint density at radius 2 is 1.00 bits per heavy atom. The van der Waals surface area contributed by atoms with Gasteiger partial charge in [0.25, 0.3) is 0 Å². The van der Waals surface area contributed by atoms with Crippen molar-refractivity contribution in [3.05, 3.63) is 170 Å². The molecule has 0 fully saturated rings. The minimum Gasteiger partial charge on any atom is -0.455 e. The molecule has 9 aromatic carbocycles. The van der Waals surface area contributed by atoms with Crippen LogP contribution in [0.2, 0.25) is 0 Å². The molecule has 0 saturated carbocycles. The molecule has 0 spiro atoms. The summed E-state index contributed by atoms with van der Waals surface area (Å²) in [5, 5.41) is 3.31. The minimum atomic E-state index is -0.579. The molecule has 0 atom stereocenters. The normalized spacial score (nSPS) is 15.7. The van der Waals surface area contributed by atoms with E-state index in [1.54, 1.807) is 54.6 Å². The van der Waals surface area contributed by atoms with Crippen LogP contribution in [0.1, 0.15) is 17.8 Å². The van der Waals surface area contributed by atoms with E-state index in [1.165, 1.54) is 0 Å². The van der Waals surface area contributed by atoms with Crippen molar-refractivity contribution in [1.82, 2.24) is 0 Å². The Labute approximate surface area is 290 Å². The Kier molecular flexibility index (Phi) is 3.55. The van der Waals surface area contributed by atoms with Crippen molar-refractivity contribution in [2.45, 2.75) is 0 Å². The molecule has 1 heterocycles. The molecule has 0 aliphatic rings. The van der Waals surface area contributed by atoms with Gasteiger partial charge in [-0.1, -0.05) is 145 Å². The van der Waals surface area contributed by atoms with E-state index in [0.29, 0.717) is 38.2 Å². The highest BCUT2D eigenvalue weighted by Crippen LogP contribution is 2.45. The van der Waals surface area contributed by atoms with Crippen molar-refractivity contribution in [3.63, 3.8) is 0 Å². The molecule has 0 saturated heterocycles. The number of furan rings is 1. The third kappa shape index (κ3) is 4.03. The molecule has 1 nitrogen and oxygen atoms in total. The Bertz CT molecular complexity index is 3510. The van der Waals surface area contributed by atoms with Crippen LogP contribution < -0.4 is 0 Å². The van der Waals surface area contributed by atoms with E-state index in [9.17, 15) is 9.60 Å². The molecule has 1 heteroatoms. The quantitative estimate of drug-likeness (QED) is 0.182. The van der Waals surface area contributed by atoms with Crippen LogP contribution in [0, 0.1) is 0 Å². The molecule has 0 aliphatic heterocycles. The maximum atomic E-state index is 9.74. The molecule has 0 unspecified atom stereocenters. The second-order valence-corrected chi connectivity index (χ2v) is 11.4. The van der Waals surface area contributed by atoms with Gasteiger partial charge in [-0.15, -0.1) is 0 Å². The molecule has 0 radical (unpaired) electrons. The largest absolute Gasteiger partial charge is 0.455 e. The third-order valence-electron chi connectivity index (χ3n) is 8.78. The fourth-order valence-corrected chi connectivity index (χ4v) is 6.63. The van der Waals surface area contributed by atoms with Crippen LogP contribution in [0.3, 0.4) is 0 Å². The average molecular weight is 610 g/mol. The summed E-state index contributed by atoms with van der Waals surface area (Å²) in [5.41, 5.74) is 1.14. The van der Waals surface area contributed by atoms with Crippen LogP contribution in [0.4, 0.5) is 0 Å². The summed E-state index contributed by atoms with van der Waals surface area (Å²) in [6.07, 6.45) is 0. The standard InChI is InChI=1S/C46H28O/c1-2-11-33-27-34(22-19-29(33)9-1)30-17-20-32(21-18-30)44-37-13-5-7-15-39(37)45(40-16-8-6-14-38(40)44)35-24-26-43-42(28-35)41-25-23-31-10-3-4-12-36(31)46(41)47-43/h1-28H/i3D,4D,10D,12D,17D,18D,20D,21D,23D,24D,25D,26D,28D. The van der Waals surface area contributed by atoms with Gasteiger partial charge in [0.15, 0.2) is 0 Å². The van der Waals surface area contributed by atoms with Gasteiger partial charge in [-0.25, -0.2) is 0 Å². The molecule has 10 aromatic rings. The molecule has 0 bridgehead atoms. The zero-order valence-corrected chi connectivity index (χ0v) is 24.6. The summed E-state index contributed by atoms with van der Waals surface area (Å²) >= 11 is 0. The van der Waals surface area contributed by atoms with Crippen LogP contribution in [0.5, 0.6) is 0 Å². The van der Waals surface area contributed by atoms with Crippen LogP contribution in [0.15, 0.2) is 174 Å². The fourth-order valence-electron chi connectivity index (χ4n) is 6.63. The third-order valence-corrected chi connectivity index (χ3v) is 8.78. The second-order valence-electron chi connectivity index (χ2n) is 11.4. The molecule has 0 aliphatic carbocycles. The molecule has 0 N–H and O–H groups in total. The molecule has 218 valence electrons. The molecule has 10 rings (SSSR count). The Morgan fingerprint density at radius 3 is 1.74 bits per heavy atom. The first-order chi connectivity index (χ1) is 28.7. The lowest BCUT2D eigenvalue weighted by atomic mass is 9.85. The van der Waals surface area contributed by atoms with Gasteiger partial charge in [-0.2, -0.15) is 0 Å². The first kappa shape index (κ1) is 16.4. The molecule has 47 heavy (non-hydrogen) atoms. The first-order valence-electron chi connectivity index (χ1n) is 21.6. The topological polar surface area (TPSA) is 13.1 Å². The van der Waals surface area contributed by atoms with Crippen LogP contribution in [-0.4, -0.2) is 0 Å². The van der Waals surface area contributed by atoms with Crippen LogP contribution >= 0.6 is 0 Å². The number of rotatable bonds is 3. The average Bonchev–Trinajstić information content (AvgIpc) is 3.66. The van der Waals surface area contributed by atoms with E-state index in [2.05, 4.69) is 0 Å². The van der Waals surface area contributed by atoms with E-state index in [4.69, 9.17) is 12.6 Å². The lowest BCUT2D eigenvalue weighted by molar-refractivity contribution is 0.672. The summed E-state index contributed by atoms with van der Waals surface area (Å²) in [5.74, 6) is 0. The van der Waals surface area contributed by atoms with Crippen molar-refractivity contribution in [2.24, 2.45) is 0 Å². The van der Waals surface area contributed by atoms with Crippen LogP contribution in [0.25, 0.3) is 98.4 Å². The van der Waals surface area contributed by atoms with Gasteiger partial charge < -0.3 is 4.42 Å². The maximum Gasteiger partial charge on any atom is 0.143 e. The van der Waals surface area contributed by atoms with Crippen molar-refractivity contribution in [2.75, 3.05) is 0 Å². The summed E-state index contributed by atoms with van der Waals surface area (Å²) in [7, 11) is 0. The fraction of sp³-hybridized carbons (Fsp3) is 0. The van der Waals surface area contributed by atoms with Gasteiger partial charge in [-0.05, 0) is 95.3 Å². The highest BCUT2D eigenvalue weighted by molar-refractivity contribution is 6.22. The summed E-state index contributed by atoms with van der Waals surface area (Å²) in [6, 6.07) is 22.2. The van der Waals surface area contributed by atoms with Gasteiger partial charge in [0.05, 0.1) is 17.8 Å². The SMILES string of the molecule is [2H]c1c([2H])c(-c2c3ccccc3c(-c3c([2H])c([2H])c4oc5c6c([2H])c([2H])c([2H])c([2H])c6c([2H])c([2H])c5c4c3[2H])c3ccccc23)c([2H])c([2H])c1-c1ccc2ccccc2c1. The van der Waals surface area contributed by atoms with Gasteiger partial charge in [0, 0.05) is 16.2 Å². The van der Waals surface area contributed by atoms with E-state index >= 15 is 0 Å². The van der Waals surface area contributed by atoms with Gasteiger partial charge in [0.2, 0.25) is 0 Å². The van der Waals surface area contributed by atoms with Crippen molar-refractivity contribution in [3.8, 4) is 33.4 Å². The first-order valence-corrected chi connectivity index (χ1v) is 15.1. The molecule has 0 amide bonds. The zero-order chi connectivity index (χ0) is 42.2. The summed E-state index contributed by atoms with van der Waals surface area (Å²) in [6.45, 7) is 0. The van der Waals surface area contributed by atoms with Crippen molar-refractivity contribution < 1.29 is 22.2 Å². The van der Waals surface area contributed by atoms with E-state index in [1.807, 2.05) is 36.4 Å². The second kappa shape index (κ2) is 10.2. The predicted molar refractivity (Wildman–Crippen MR) is 200 cm³/mol. The van der Waals surface area contributed by atoms with E-state index in [-0.39, 0.29) is 85.7 Å². The summed E-state index contributed by atoms with van der Waals surface area (Å²) < 4.78 is 124. The monoisotopic (exact) mass is 609 g/mol. The lowest BCUT2D eigenvalue weighted by Crippen LogP contribution is -1.91. The molecular formula is C46H28O. The number of fused-ring (bicyclic) bond motifs is 8. The van der Waals surface area contributed by atoms with Crippen molar-refractivity contribution >= 4 is 65.0 Å². The van der Waals surface area contributed by atoms with E-state index in [0.717, 1.165) is 10.8 Å². The summed E-state index contributed by atoms with van der Waals surface area (Å²) in [4.78, 5) is 0. The van der Waals surface area contributed by atoms with Crippen LogP contribution in [-0.2, 0) is 0 Å². The Morgan fingerprint density at radius 1 is 0.383 bits per heavy atom. The van der Waals surface area contributed by atoms with Gasteiger partial charge in [-0.3, -0.25) is 0 Å². The zero-order valence-electron chi connectivity index (χ0n) is 37.6. The number of hydrogen-bond acceptors (Lipinski definition) is 1. The van der Waals surface area contributed by atoms with Gasteiger partial charge >= 0.3 is 0 Å². The highest BCUT2D eigenvalue weighted by Gasteiger charge is 2.18. The van der Waals surface area contributed by atoms with Crippen molar-refractivity contribution in [1.29, 1.82) is 0 Å². The van der Waals surface area contributed by atoms with E-state index < -0.39 is 42.3 Å². The predicted octanol–water partition coefficient (Wildman–Crippen LogP) is 13.2. The van der Waals surface area contributed by atoms with Gasteiger partial charge in [0.1, 0.15) is 11.2 Å². The minimum absolute atomic E-state index is 0.00125. The number of benzene rings is 9. The molecule has 1 aromatic heterocycles. The molecular weight excluding hydrogens is 569 g/mol. The highest BCUT2D eigenvalue weighted by atomic mass is 16.3. The Balaban J connectivity index is 1.31. The number of hydrogen-bond donors (Lipinski definition) is 0.